The van der Waals surface area contributed by atoms with Crippen LogP contribution in [-0.2, 0) is 0 Å². The summed E-state index contributed by atoms with van der Waals surface area (Å²) < 4.78 is 0. The monoisotopic (exact) mass is 312 g/mol. The first-order valence-electron chi connectivity index (χ1n) is 8.26. The van der Waals surface area contributed by atoms with Crippen molar-refractivity contribution in [1.82, 2.24) is 15.0 Å². The number of aromatic nitrogens is 3. The van der Waals surface area contributed by atoms with Crippen LogP contribution in [0.5, 0.6) is 0 Å². The van der Waals surface area contributed by atoms with Gasteiger partial charge in [0.2, 0.25) is 0 Å². The van der Waals surface area contributed by atoms with Gasteiger partial charge in [-0.25, -0.2) is 9.97 Å². The fraction of sp³-hybridized carbons (Fsp3) is 0.500. The van der Waals surface area contributed by atoms with Crippen molar-refractivity contribution in [2.24, 2.45) is 5.41 Å². The Hall–Kier alpha value is -2.01. The van der Waals surface area contributed by atoms with E-state index in [0.717, 1.165) is 36.5 Å². The number of hydrogen-bond donors (Lipinski definition) is 2. The number of rotatable bonds is 4. The maximum atomic E-state index is 10.3. The Morgan fingerprint density at radius 3 is 2.87 bits per heavy atom. The largest absolute Gasteiger partial charge is 0.392 e. The van der Waals surface area contributed by atoms with Gasteiger partial charge in [0.25, 0.3) is 0 Å². The molecule has 1 saturated carbocycles. The fourth-order valence-electron chi connectivity index (χ4n) is 3.18. The summed E-state index contributed by atoms with van der Waals surface area (Å²) in [5.74, 6) is 1.50. The Kier molecular flexibility index (Phi) is 4.57. The lowest BCUT2D eigenvalue weighted by molar-refractivity contribution is 0.00958. The molecular formula is C18H24N4O. The van der Waals surface area contributed by atoms with Crippen molar-refractivity contribution in [3.8, 4) is 11.4 Å². The lowest BCUT2D eigenvalue weighted by Gasteiger charge is -2.38. The zero-order chi connectivity index (χ0) is 16.3. The topological polar surface area (TPSA) is 70.9 Å². The Morgan fingerprint density at radius 2 is 2.13 bits per heavy atom. The van der Waals surface area contributed by atoms with Crippen molar-refractivity contribution in [3.05, 3.63) is 36.3 Å². The minimum absolute atomic E-state index is 0.0950. The highest BCUT2D eigenvalue weighted by atomic mass is 16.3. The van der Waals surface area contributed by atoms with Crippen LogP contribution < -0.4 is 5.32 Å². The van der Waals surface area contributed by atoms with E-state index in [1.807, 2.05) is 31.2 Å². The molecule has 2 aromatic rings. The first-order chi connectivity index (χ1) is 11.1. The molecule has 1 fully saturated rings. The highest BCUT2D eigenvalue weighted by Crippen LogP contribution is 2.36. The van der Waals surface area contributed by atoms with Gasteiger partial charge in [0.15, 0.2) is 0 Å². The second kappa shape index (κ2) is 6.62. The summed E-state index contributed by atoms with van der Waals surface area (Å²) in [5, 5.41) is 13.7. The standard InChI is InChI=1S/C18H24N4O/c1-13-21-15(14-7-4-6-10-19-14)11-17(22-13)20-12-18(2)9-5-3-8-16(18)23/h4,6-7,10-11,16,23H,3,5,8-9,12H2,1-2H3,(H,20,21,22). The van der Waals surface area contributed by atoms with Gasteiger partial charge >= 0.3 is 0 Å². The van der Waals surface area contributed by atoms with Crippen molar-refractivity contribution in [3.63, 3.8) is 0 Å². The fourth-order valence-corrected chi connectivity index (χ4v) is 3.18. The second-order valence-electron chi connectivity index (χ2n) is 6.67. The van der Waals surface area contributed by atoms with Crippen molar-refractivity contribution in [2.45, 2.75) is 45.6 Å². The average molecular weight is 312 g/mol. The van der Waals surface area contributed by atoms with Crippen molar-refractivity contribution in [2.75, 3.05) is 11.9 Å². The van der Waals surface area contributed by atoms with Gasteiger partial charge in [0.1, 0.15) is 11.6 Å². The van der Waals surface area contributed by atoms with E-state index in [1.165, 1.54) is 6.42 Å². The average Bonchev–Trinajstić information content (AvgIpc) is 2.56. The molecule has 0 aliphatic heterocycles. The molecule has 1 aliphatic rings. The van der Waals surface area contributed by atoms with Crippen LogP contribution in [0.2, 0.25) is 0 Å². The van der Waals surface area contributed by atoms with E-state index >= 15 is 0 Å². The molecule has 2 aromatic heterocycles. The molecule has 3 rings (SSSR count). The SMILES string of the molecule is Cc1nc(NCC2(C)CCCCC2O)cc(-c2ccccn2)n1. The van der Waals surface area contributed by atoms with Crippen LogP contribution in [0, 0.1) is 12.3 Å². The van der Waals surface area contributed by atoms with E-state index in [1.54, 1.807) is 6.20 Å². The third-order valence-electron chi connectivity index (χ3n) is 4.72. The highest BCUT2D eigenvalue weighted by molar-refractivity contribution is 5.58. The van der Waals surface area contributed by atoms with Gasteiger partial charge in [-0.15, -0.1) is 0 Å². The Morgan fingerprint density at radius 1 is 1.26 bits per heavy atom. The maximum absolute atomic E-state index is 10.3. The molecule has 0 amide bonds. The molecule has 0 aromatic carbocycles. The predicted molar refractivity (Wildman–Crippen MR) is 91.1 cm³/mol. The molecule has 122 valence electrons. The van der Waals surface area contributed by atoms with Crippen LogP contribution in [0.25, 0.3) is 11.4 Å². The number of pyridine rings is 1. The number of nitrogens with one attached hydrogen (secondary N) is 1. The molecule has 0 radical (unpaired) electrons. The van der Waals surface area contributed by atoms with Crippen LogP contribution in [0.1, 0.15) is 38.4 Å². The Labute approximate surface area is 137 Å². The summed E-state index contributed by atoms with van der Waals surface area (Å²) in [6, 6.07) is 7.71. The van der Waals surface area contributed by atoms with Crippen molar-refractivity contribution < 1.29 is 5.11 Å². The van der Waals surface area contributed by atoms with Gasteiger partial charge in [-0.05, 0) is 31.9 Å². The van der Waals surface area contributed by atoms with Gasteiger partial charge in [0, 0.05) is 24.2 Å². The second-order valence-corrected chi connectivity index (χ2v) is 6.67. The minimum Gasteiger partial charge on any atom is -0.392 e. The summed E-state index contributed by atoms with van der Waals surface area (Å²) in [7, 11) is 0. The predicted octanol–water partition coefficient (Wildman–Crippen LogP) is 3.20. The van der Waals surface area contributed by atoms with Gasteiger partial charge in [-0.1, -0.05) is 25.8 Å². The first kappa shape index (κ1) is 15.9. The van der Waals surface area contributed by atoms with E-state index in [2.05, 4.69) is 27.2 Å². The molecule has 0 saturated heterocycles. The minimum atomic E-state index is -0.248. The summed E-state index contributed by atoms with van der Waals surface area (Å²) in [5.41, 5.74) is 1.56. The third kappa shape index (κ3) is 3.67. The lowest BCUT2D eigenvalue weighted by Crippen LogP contribution is -2.41. The molecule has 2 unspecified atom stereocenters. The number of anilines is 1. The zero-order valence-electron chi connectivity index (χ0n) is 13.8. The molecule has 0 bridgehead atoms. The van der Waals surface area contributed by atoms with Crippen LogP contribution in [0.4, 0.5) is 5.82 Å². The highest BCUT2D eigenvalue weighted by Gasteiger charge is 2.35. The smallest absolute Gasteiger partial charge is 0.130 e. The normalized spacial score (nSPS) is 24.4. The molecule has 1 aliphatic carbocycles. The van der Waals surface area contributed by atoms with Gasteiger partial charge in [0.05, 0.1) is 17.5 Å². The Balaban J connectivity index is 1.77. The van der Waals surface area contributed by atoms with Crippen LogP contribution in [0.3, 0.4) is 0 Å². The number of nitrogens with zero attached hydrogens (tertiary/aromatic N) is 3. The number of aryl methyl sites for hydroxylation is 1. The zero-order valence-corrected chi connectivity index (χ0v) is 13.8. The molecule has 23 heavy (non-hydrogen) atoms. The van der Waals surface area contributed by atoms with Crippen LogP contribution in [0.15, 0.2) is 30.5 Å². The van der Waals surface area contributed by atoms with Gasteiger partial charge in [-0.3, -0.25) is 4.98 Å². The van der Waals surface area contributed by atoms with E-state index in [-0.39, 0.29) is 11.5 Å². The Bertz CT molecular complexity index is 661. The molecule has 5 nitrogen and oxygen atoms in total. The molecule has 0 spiro atoms. The molecule has 2 atom stereocenters. The van der Waals surface area contributed by atoms with Gasteiger partial charge < -0.3 is 10.4 Å². The molecular weight excluding hydrogens is 288 g/mol. The summed E-state index contributed by atoms with van der Waals surface area (Å²) in [6.45, 7) is 4.75. The maximum Gasteiger partial charge on any atom is 0.130 e. The summed E-state index contributed by atoms with van der Waals surface area (Å²) in [6.07, 6.45) is 5.74. The van der Waals surface area contributed by atoms with E-state index < -0.39 is 0 Å². The molecule has 2 heterocycles. The number of hydrogen-bond acceptors (Lipinski definition) is 5. The third-order valence-corrected chi connectivity index (χ3v) is 4.72. The number of aliphatic hydroxyl groups is 1. The van der Waals surface area contributed by atoms with Crippen molar-refractivity contribution in [1.29, 1.82) is 0 Å². The van der Waals surface area contributed by atoms with Crippen LogP contribution >= 0.6 is 0 Å². The summed E-state index contributed by atoms with van der Waals surface area (Å²) in [4.78, 5) is 13.3. The summed E-state index contributed by atoms with van der Waals surface area (Å²) >= 11 is 0. The number of aliphatic hydroxyl groups excluding tert-OH is 1. The van der Waals surface area contributed by atoms with Gasteiger partial charge in [-0.2, -0.15) is 0 Å². The quantitative estimate of drug-likeness (QED) is 0.907. The molecule has 2 N–H and O–H groups in total. The van der Waals surface area contributed by atoms with E-state index in [0.29, 0.717) is 12.4 Å². The van der Waals surface area contributed by atoms with E-state index in [9.17, 15) is 5.11 Å². The first-order valence-corrected chi connectivity index (χ1v) is 8.26. The van der Waals surface area contributed by atoms with Crippen LogP contribution in [-0.4, -0.2) is 32.7 Å². The van der Waals surface area contributed by atoms with E-state index in [4.69, 9.17) is 0 Å². The van der Waals surface area contributed by atoms with Crippen molar-refractivity contribution >= 4 is 5.82 Å². The molecule has 5 heteroatoms. The lowest BCUT2D eigenvalue weighted by atomic mass is 9.73.